The van der Waals surface area contributed by atoms with Gasteiger partial charge >= 0.3 is 17.9 Å². The molecule has 0 fully saturated rings. The Balaban J connectivity index is 4.33. The van der Waals surface area contributed by atoms with Gasteiger partial charge in [-0.25, -0.2) is 0 Å². The van der Waals surface area contributed by atoms with Crippen molar-refractivity contribution < 1.29 is 28.6 Å². The lowest BCUT2D eigenvalue weighted by Crippen LogP contribution is -2.30. The van der Waals surface area contributed by atoms with Gasteiger partial charge in [-0.15, -0.1) is 0 Å². The smallest absolute Gasteiger partial charge is 0.306 e. The summed E-state index contributed by atoms with van der Waals surface area (Å²) in [6.07, 6.45) is 64.1. The Kier molecular flexibility index (Phi) is 52.3. The van der Waals surface area contributed by atoms with Gasteiger partial charge < -0.3 is 14.2 Å². The van der Waals surface area contributed by atoms with Crippen LogP contribution in [-0.4, -0.2) is 37.2 Å². The SMILES string of the molecule is CCCCC/C=C\C=C/CCCCCCCCCCCCC(=O)OCC(COC(=O)CCCCCCCCCCCCCCC)OC(=O)CCCCCCCCC/C=C\CCCCCC. The number of hydrogen-bond acceptors (Lipinski definition) is 6. The highest BCUT2D eigenvalue weighted by molar-refractivity contribution is 5.71. The van der Waals surface area contributed by atoms with Crippen LogP contribution >= 0.6 is 0 Å². The molecule has 0 saturated carbocycles. The van der Waals surface area contributed by atoms with Gasteiger partial charge in [0.2, 0.25) is 0 Å². The molecule has 0 saturated heterocycles. The zero-order valence-corrected chi connectivity index (χ0v) is 43.5. The monoisotopic (exact) mass is 913 g/mol. The van der Waals surface area contributed by atoms with Crippen molar-refractivity contribution >= 4 is 17.9 Å². The van der Waals surface area contributed by atoms with Crippen molar-refractivity contribution in [3.05, 3.63) is 36.5 Å². The fourth-order valence-corrected chi connectivity index (χ4v) is 8.31. The Bertz CT molecular complexity index is 1090. The Hall–Kier alpha value is -2.37. The van der Waals surface area contributed by atoms with Crippen LogP contribution in [0.25, 0.3) is 0 Å². The van der Waals surface area contributed by atoms with E-state index in [1.54, 1.807) is 0 Å². The van der Waals surface area contributed by atoms with Crippen LogP contribution < -0.4 is 0 Å². The van der Waals surface area contributed by atoms with Gasteiger partial charge in [0.1, 0.15) is 13.2 Å². The van der Waals surface area contributed by atoms with Crippen molar-refractivity contribution in [3.63, 3.8) is 0 Å². The Morgan fingerprint density at radius 2 is 0.554 bits per heavy atom. The molecule has 0 spiro atoms. The molecule has 6 nitrogen and oxygen atoms in total. The second-order valence-corrected chi connectivity index (χ2v) is 19.2. The summed E-state index contributed by atoms with van der Waals surface area (Å²) in [7, 11) is 0. The van der Waals surface area contributed by atoms with E-state index in [1.807, 2.05) is 0 Å². The molecule has 0 amide bonds. The van der Waals surface area contributed by atoms with E-state index in [9.17, 15) is 14.4 Å². The summed E-state index contributed by atoms with van der Waals surface area (Å²) in [6, 6.07) is 0. The van der Waals surface area contributed by atoms with Crippen molar-refractivity contribution in [1.82, 2.24) is 0 Å². The summed E-state index contributed by atoms with van der Waals surface area (Å²) >= 11 is 0. The molecular formula is C59H108O6. The van der Waals surface area contributed by atoms with Crippen LogP contribution in [0, 0.1) is 0 Å². The zero-order chi connectivity index (χ0) is 47.2. The van der Waals surface area contributed by atoms with Crippen LogP contribution in [0.15, 0.2) is 36.5 Å². The molecule has 65 heavy (non-hydrogen) atoms. The molecule has 0 bridgehead atoms. The first-order valence-corrected chi connectivity index (χ1v) is 28.5. The average molecular weight is 914 g/mol. The molecule has 0 N–H and O–H groups in total. The number of allylic oxidation sites excluding steroid dienone is 6. The van der Waals surface area contributed by atoms with Crippen LogP contribution in [0.5, 0.6) is 0 Å². The van der Waals surface area contributed by atoms with E-state index < -0.39 is 6.10 Å². The average Bonchev–Trinajstić information content (AvgIpc) is 3.30. The van der Waals surface area contributed by atoms with Crippen molar-refractivity contribution in [2.45, 2.75) is 309 Å². The molecule has 0 aromatic heterocycles. The summed E-state index contributed by atoms with van der Waals surface area (Å²) in [5.74, 6) is -0.863. The van der Waals surface area contributed by atoms with Gasteiger partial charge in [0.25, 0.3) is 0 Å². The third-order valence-electron chi connectivity index (χ3n) is 12.6. The minimum absolute atomic E-state index is 0.0712. The molecule has 0 aromatic carbocycles. The molecule has 1 atom stereocenters. The van der Waals surface area contributed by atoms with E-state index in [-0.39, 0.29) is 31.1 Å². The normalized spacial score (nSPS) is 12.2. The van der Waals surface area contributed by atoms with Crippen LogP contribution in [0.2, 0.25) is 0 Å². The maximum Gasteiger partial charge on any atom is 0.306 e. The molecule has 6 heteroatoms. The van der Waals surface area contributed by atoms with E-state index in [1.165, 1.54) is 205 Å². The van der Waals surface area contributed by atoms with Crippen LogP contribution in [-0.2, 0) is 28.6 Å². The molecule has 0 aliphatic carbocycles. The van der Waals surface area contributed by atoms with Gasteiger partial charge in [-0.1, -0.05) is 250 Å². The largest absolute Gasteiger partial charge is 0.462 e. The van der Waals surface area contributed by atoms with Gasteiger partial charge in [0.15, 0.2) is 6.10 Å². The summed E-state index contributed by atoms with van der Waals surface area (Å²) in [5, 5.41) is 0. The highest BCUT2D eigenvalue weighted by atomic mass is 16.6. The lowest BCUT2D eigenvalue weighted by atomic mass is 10.0. The molecule has 0 aliphatic heterocycles. The molecule has 0 aromatic rings. The maximum absolute atomic E-state index is 12.8. The fraction of sp³-hybridized carbons (Fsp3) is 0.847. The molecule has 1 unspecified atom stereocenters. The maximum atomic E-state index is 12.8. The van der Waals surface area contributed by atoms with Gasteiger partial charge in [-0.05, 0) is 70.6 Å². The first-order chi connectivity index (χ1) is 32.0. The van der Waals surface area contributed by atoms with Crippen molar-refractivity contribution in [2.24, 2.45) is 0 Å². The number of hydrogen-bond donors (Lipinski definition) is 0. The lowest BCUT2D eigenvalue weighted by molar-refractivity contribution is -0.167. The fourth-order valence-electron chi connectivity index (χ4n) is 8.31. The Morgan fingerprint density at radius 1 is 0.308 bits per heavy atom. The number of ether oxygens (including phenoxy) is 3. The summed E-state index contributed by atoms with van der Waals surface area (Å²) in [4.78, 5) is 38.1. The lowest BCUT2D eigenvalue weighted by Gasteiger charge is -2.18. The predicted octanol–water partition coefficient (Wildman–Crippen LogP) is 18.9. The van der Waals surface area contributed by atoms with E-state index >= 15 is 0 Å². The van der Waals surface area contributed by atoms with Crippen LogP contribution in [0.1, 0.15) is 303 Å². The minimum atomic E-state index is -0.772. The molecule has 0 radical (unpaired) electrons. The van der Waals surface area contributed by atoms with Gasteiger partial charge in [0, 0.05) is 19.3 Å². The summed E-state index contributed by atoms with van der Waals surface area (Å²) in [6.45, 7) is 6.63. The van der Waals surface area contributed by atoms with Crippen LogP contribution in [0.3, 0.4) is 0 Å². The van der Waals surface area contributed by atoms with Crippen molar-refractivity contribution in [1.29, 1.82) is 0 Å². The first-order valence-electron chi connectivity index (χ1n) is 28.5. The van der Waals surface area contributed by atoms with Gasteiger partial charge in [-0.2, -0.15) is 0 Å². The van der Waals surface area contributed by atoms with E-state index in [0.29, 0.717) is 19.3 Å². The second-order valence-electron chi connectivity index (χ2n) is 19.2. The quantitative estimate of drug-likeness (QED) is 0.0199. The predicted molar refractivity (Wildman–Crippen MR) is 279 cm³/mol. The summed E-state index contributed by atoms with van der Waals surface area (Å²) in [5.41, 5.74) is 0. The standard InChI is InChI=1S/C59H108O6/c1-4-7-10-13-16-19-22-25-27-28-29-30-32-34-37-40-43-46-49-52-58(61)64-55-56(54-63-57(60)51-48-45-42-39-36-33-24-21-18-15-12-9-6-3)65-59(62)53-50-47-44-41-38-35-31-26-23-20-17-14-11-8-5-2/h16,19-20,22-23,25,56H,4-15,17-18,21,24,26-55H2,1-3H3/b19-16-,23-20-,25-22-. The first kappa shape index (κ1) is 62.6. The number of esters is 3. The number of unbranched alkanes of at least 4 members (excludes halogenated alkanes) is 36. The summed E-state index contributed by atoms with van der Waals surface area (Å²) < 4.78 is 16.9. The zero-order valence-electron chi connectivity index (χ0n) is 43.5. The van der Waals surface area contributed by atoms with Crippen molar-refractivity contribution in [3.8, 4) is 0 Å². The van der Waals surface area contributed by atoms with E-state index in [0.717, 1.165) is 57.8 Å². The topological polar surface area (TPSA) is 78.9 Å². The molecule has 0 rings (SSSR count). The molecule has 0 aliphatic rings. The van der Waals surface area contributed by atoms with E-state index in [4.69, 9.17) is 14.2 Å². The Labute approximate surface area is 404 Å². The molecular weight excluding hydrogens is 805 g/mol. The van der Waals surface area contributed by atoms with Gasteiger partial charge in [-0.3, -0.25) is 14.4 Å². The third kappa shape index (κ3) is 52.5. The minimum Gasteiger partial charge on any atom is -0.462 e. The number of carbonyl (C=O) groups excluding carboxylic acids is 3. The number of carbonyl (C=O) groups is 3. The van der Waals surface area contributed by atoms with Gasteiger partial charge in [0.05, 0.1) is 0 Å². The molecule has 0 heterocycles. The highest BCUT2D eigenvalue weighted by Gasteiger charge is 2.19. The second kappa shape index (κ2) is 54.2. The Morgan fingerprint density at radius 3 is 0.908 bits per heavy atom. The number of rotatable bonds is 52. The highest BCUT2D eigenvalue weighted by Crippen LogP contribution is 2.16. The van der Waals surface area contributed by atoms with E-state index in [2.05, 4.69) is 57.2 Å². The van der Waals surface area contributed by atoms with Crippen molar-refractivity contribution in [2.75, 3.05) is 13.2 Å². The van der Waals surface area contributed by atoms with Crippen LogP contribution in [0.4, 0.5) is 0 Å². The third-order valence-corrected chi connectivity index (χ3v) is 12.6. The molecule has 380 valence electrons.